The molecule has 0 radical (unpaired) electrons. The molecule has 0 saturated carbocycles. The zero-order valence-electron chi connectivity index (χ0n) is 9.93. The molecule has 0 aromatic heterocycles. The van der Waals surface area contributed by atoms with Crippen LogP contribution >= 0.6 is 0 Å². The van der Waals surface area contributed by atoms with E-state index in [-0.39, 0.29) is 5.92 Å². The minimum Gasteiger partial charge on any atom is -0.493 e. The van der Waals surface area contributed by atoms with Crippen molar-refractivity contribution in [3.05, 3.63) is 30.3 Å². The summed E-state index contributed by atoms with van der Waals surface area (Å²) in [6, 6.07) is 9.60. The van der Waals surface area contributed by atoms with Crippen molar-refractivity contribution < 1.29 is 14.3 Å². The summed E-state index contributed by atoms with van der Waals surface area (Å²) in [6.07, 6.45) is 2.23. The van der Waals surface area contributed by atoms with E-state index < -0.39 is 0 Å². The first-order valence-corrected chi connectivity index (χ1v) is 6.14. The second kappa shape index (κ2) is 6.40. The molecule has 0 amide bonds. The van der Waals surface area contributed by atoms with Gasteiger partial charge in [-0.05, 0) is 25.0 Å². The van der Waals surface area contributed by atoms with E-state index in [2.05, 4.69) is 0 Å². The van der Waals surface area contributed by atoms with Gasteiger partial charge in [0.1, 0.15) is 11.5 Å². The van der Waals surface area contributed by atoms with E-state index in [1.54, 1.807) is 0 Å². The Morgan fingerprint density at radius 2 is 1.94 bits per heavy atom. The highest BCUT2D eigenvalue weighted by atomic mass is 16.5. The lowest BCUT2D eigenvalue weighted by Gasteiger charge is -2.20. The molecule has 0 bridgehead atoms. The molecule has 1 fully saturated rings. The SMILES string of the molecule is O=C(CCOc1ccccc1)C1CCOCC1. The maximum absolute atomic E-state index is 11.9. The van der Waals surface area contributed by atoms with Gasteiger partial charge in [0.15, 0.2) is 0 Å². The number of rotatable bonds is 5. The van der Waals surface area contributed by atoms with Crippen molar-refractivity contribution in [1.29, 1.82) is 0 Å². The smallest absolute Gasteiger partial charge is 0.139 e. The molecule has 1 aromatic rings. The molecule has 0 aliphatic carbocycles. The molecule has 1 aliphatic rings. The molecule has 3 nitrogen and oxygen atoms in total. The van der Waals surface area contributed by atoms with Crippen molar-refractivity contribution in [3.63, 3.8) is 0 Å². The number of carbonyl (C=O) groups is 1. The van der Waals surface area contributed by atoms with Crippen molar-refractivity contribution in [2.24, 2.45) is 5.92 Å². The Morgan fingerprint density at radius 3 is 2.65 bits per heavy atom. The Labute approximate surface area is 102 Å². The number of Topliss-reactive ketones (excluding diaryl/α,β-unsaturated/α-hetero) is 1. The average Bonchev–Trinajstić information content (AvgIpc) is 2.41. The molecule has 1 aliphatic heterocycles. The maximum atomic E-state index is 11.9. The monoisotopic (exact) mass is 234 g/mol. The van der Waals surface area contributed by atoms with E-state index in [0.29, 0.717) is 18.8 Å². The molecule has 1 saturated heterocycles. The molecule has 0 N–H and O–H groups in total. The fraction of sp³-hybridized carbons (Fsp3) is 0.500. The number of hydrogen-bond acceptors (Lipinski definition) is 3. The van der Waals surface area contributed by atoms with Crippen LogP contribution in [0.4, 0.5) is 0 Å². The minimum atomic E-state index is 0.183. The average molecular weight is 234 g/mol. The predicted octanol–water partition coefficient (Wildman–Crippen LogP) is 2.45. The van der Waals surface area contributed by atoms with Crippen molar-refractivity contribution in [3.8, 4) is 5.75 Å². The summed E-state index contributed by atoms with van der Waals surface area (Å²) >= 11 is 0. The molecule has 17 heavy (non-hydrogen) atoms. The molecule has 0 spiro atoms. The first-order chi connectivity index (χ1) is 8.36. The number of benzene rings is 1. The highest BCUT2D eigenvalue weighted by Gasteiger charge is 2.20. The summed E-state index contributed by atoms with van der Waals surface area (Å²) in [4.78, 5) is 11.9. The molecule has 0 atom stereocenters. The van der Waals surface area contributed by atoms with E-state index >= 15 is 0 Å². The fourth-order valence-corrected chi connectivity index (χ4v) is 2.01. The summed E-state index contributed by atoms with van der Waals surface area (Å²) in [5.41, 5.74) is 0. The van der Waals surface area contributed by atoms with Gasteiger partial charge < -0.3 is 9.47 Å². The van der Waals surface area contributed by atoms with E-state index in [0.717, 1.165) is 31.8 Å². The Balaban J connectivity index is 1.69. The molecule has 2 rings (SSSR count). The highest BCUT2D eigenvalue weighted by Crippen LogP contribution is 2.17. The third-order valence-corrected chi connectivity index (χ3v) is 3.04. The van der Waals surface area contributed by atoms with Gasteiger partial charge in [0.05, 0.1) is 6.61 Å². The van der Waals surface area contributed by atoms with Crippen LogP contribution in [0.2, 0.25) is 0 Å². The van der Waals surface area contributed by atoms with Gasteiger partial charge in [-0.1, -0.05) is 18.2 Å². The van der Waals surface area contributed by atoms with Gasteiger partial charge in [0.25, 0.3) is 0 Å². The van der Waals surface area contributed by atoms with Gasteiger partial charge in [-0.2, -0.15) is 0 Å². The van der Waals surface area contributed by atoms with Crippen LogP contribution in [0, 0.1) is 5.92 Å². The first-order valence-electron chi connectivity index (χ1n) is 6.14. The van der Waals surface area contributed by atoms with Crippen LogP contribution in [-0.2, 0) is 9.53 Å². The minimum absolute atomic E-state index is 0.183. The van der Waals surface area contributed by atoms with Gasteiger partial charge in [0.2, 0.25) is 0 Å². The predicted molar refractivity (Wildman–Crippen MR) is 65.1 cm³/mol. The summed E-state index contributed by atoms with van der Waals surface area (Å²) in [6.45, 7) is 1.91. The number of para-hydroxylation sites is 1. The second-order valence-corrected chi connectivity index (χ2v) is 4.26. The van der Waals surface area contributed by atoms with Crippen LogP contribution in [0.5, 0.6) is 5.75 Å². The molecule has 1 aromatic carbocycles. The van der Waals surface area contributed by atoms with Crippen molar-refractivity contribution in [2.75, 3.05) is 19.8 Å². The lowest BCUT2D eigenvalue weighted by molar-refractivity contribution is -0.126. The molecule has 0 unspecified atom stereocenters. The van der Waals surface area contributed by atoms with E-state index in [1.807, 2.05) is 30.3 Å². The van der Waals surface area contributed by atoms with Gasteiger partial charge in [-0.25, -0.2) is 0 Å². The standard InChI is InChI=1S/C14H18O3/c15-14(12-6-9-16-10-7-12)8-11-17-13-4-2-1-3-5-13/h1-5,12H,6-11H2. The third kappa shape index (κ3) is 3.86. The quantitative estimate of drug-likeness (QED) is 0.785. The Bertz CT molecular complexity index is 342. The largest absolute Gasteiger partial charge is 0.493 e. The molecule has 1 heterocycles. The van der Waals surface area contributed by atoms with Gasteiger partial charge >= 0.3 is 0 Å². The van der Waals surface area contributed by atoms with E-state index in [1.165, 1.54) is 0 Å². The van der Waals surface area contributed by atoms with Crippen LogP contribution in [0.1, 0.15) is 19.3 Å². The van der Waals surface area contributed by atoms with Gasteiger partial charge in [-0.15, -0.1) is 0 Å². The fourth-order valence-electron chi connectivity index (χ4n) is 2.01. The van der Waals surface area contributed by atoms with Crippen molar-refractivity contribution >= 4 is 5.78 Å². The maximum Gasteiger partial charge on any atom is 0.139 e. The zero-order valence-corrected chi connectivity index (χ0v) is 9.93. The van der Waals surface area contributed by atoms with E-state index in [4.69, 9.17) is 9.47 Å². The van der Waals surface area contributed by atoms with Crippen molar-refractivity contribution in [2.45, 2.75) is 19.3 Å². The Hall–Kier alpha value is -1.35. The number of carbonyl (C=O) groups excluding carboxylic acids is 1. The molecule has 3 heteroatoms. The Morgan fingerprint density at radius 1 is 1.24 bits per heavy atom. The van der Waals surface area contributed by atoms with Crippen LogP contribution in [0.25, 0.3) is 0 Å². The van der Waals surface area contributed by atoms with Crippen LogP contribution < -0.4 is 4.74 Å². The van der Waals surface area contributed by atoms with Crippen LogP contribution in [-0.4, -0.2) is 25.6 Å². The van der Waals surface area contributed by atoms with Gasteiger partial charge in [-0.3, -0.25) is 4.79 Å². The number of ether oxygens (including phenoxy) is 2. The first kappa shape index (κ1) is 12.1. The summed E-state index contributed by atoms with van der Waals surface area (Å²) in [5, 5.41) is 0. The van der Waals surface area contributed by atoms with Crippen LogP contribution in [0.15, 0.2) is 30.3 Å². The normalized spacial score (nSPS) is 16.7. The Kier molecular flexibility index (Phi) is 4.56. The lowest BCUT2D eigenvalue weighted by Crippen LogP contribution is -2.24. The third-order valence-electron chi connectivity index (χ3n) is 3.04. The van der Waals surface area contributed by atoms with E-state index in [9.17, 15) is 4.79 Å². The van der Waals surface area contributed by atoms with Crippen LogP contribution in [0.3, 0.4) is 0 Å². The summed E-state index contributed by atoms with van der Waals surface area (Å²) in [7, 11) is 0. The number of hydrogen-bond donors (Lipinski definition) is 0. The number of ketones is 1. The second-order valence-electron chi connectivity index (χ2n) is 4.26. The molecule has 92 valence electrons. The summed E-state index contributed by atoms with van der Waals surface area (Å²) < 4.78 is 10.8. The van der Waals surface area contributed by atoms with Gasteiger partial charge in [0, 0.05) is 25.6 Å². The lowest BCUT2D eigenvalue weighted by atomic mass is 9.94. The summed E-state index contributed by atoms with van der Waals surface area (Å²) in [5.74, 6) is 1.32. The highest BCUT2D eigenvalue weighted by molar-refractivity contribution is 5.81. The van der Waals surface area contributed by atoms with Crippen molar-refractivity contribution in [1.82, 2.24) is 0 Å². The zero-order chi connectivity index (χ0) is 11.9. The topological polar surface area (TPSA) is 35.5 Å². The molecular weight excluding hydrogens is 216 g/mol. The molecular formula is C14H18O3.